The van der Waals surface area contributed by atoms with E-state index in [0.29, 0.717) is 12.2 Å². The van der Waals surface area contributed by atoms with Gasteiger partial charge in [0.25, 0.3) is 10.0 Å². The zero-order valence-corrected chi connectivity index (χ0v) is 29.2. The second-order valence-electron chi connectivity index (χ2n) is 11.6. The highest BCUT2D eigenvalue weighted by molar-refractivity contribution is 7.92. The number of benzene rings is 3. The van der Waals surface area contributed by atoms with Gasteiger partial charge in [-0.1, -0.05) is 62.1 Å². The van der Waals surface area contributed by atoms with Crippen molar-refractivity contribution in [1.82, 2.24) is 10.2 Å². The molecule has 1 saturated carbocycles. The number of sulfonamides is 1. The summed E-state index contributed by atoms with van der Waals surface area (Å²) in [4.78, 5) is 29.7. The molecular weight excluding hydrogens is 642 g/mol. The molecule has 3 aromatic carbocycles. The van der Waals surface area contributed by atoms with Crippen molar-refractivity contribution in [3.63, 3.8) is 0 Å². The van der Waals surface area contributed by atoms with E-state index in [9.17, 15) is 18.0 Å². The summed E-state index contributed by atoms with van der Waals surface area (Å²) in [5.41, 5.74) is 1.86. The van der Waals surface area contributed by atoms with Gasteiger partial charge in [-0.25, -0.2) is 8.42 Å². The minimum absolute atomic E-state index is 0.0402. The molecule has 0 heterocycles. The number of nitrogens with zero attached hydrogens (tertiary/aromatic N) is 2. The number of hydrogen-bond acceptors (Lipinski definition) is 7. The van der Waals surface area contributed by atoms with Crippen molar-refractivity contribution >= 4 is 39.1 Å². The summed E-state index contributed by atoms with van der Waals surface area (Å²) in [6.07, 6.45) is 5.33. The van der Waals surface area contributed by atoms with Gasteiger partial charge < -0.3 is 24.4 Å². The van der Waals surface area contributed by atoms with E-state index >= 15 is 0 Å². The minimum atomic E-state index is -4.43. The molecule has 1 N–H and O–H groups in total. The number of halogens is 1. The van der Waals surface area contributed by atoms with Crippen LogP contribution in [0.1, 0.15) is 56.6 Å². The Bertz CT molecular complexity index is 1660. The van der Waals surface area contributed by atoms with Gasteiger partial charge in [-0.05, 0) is 67.6 Å². The lowest BCUT2D eigenvalue weighted by molar-refractivity contribution is -0.140. The number of amides is 2. The summed E-state index contributed by atoms with van der Waals surface area (Å²) in [5.74, 6) is -0.0853. The predicted octanol–water partition coefficient (Wildman–Crippen LogP) is 6.13. The second-order valence-corrected chi connectivity index (χ2v) is 13.9. The molecule has 3 aromatic rings. The molecule has 12 heteroatoms. The number of anilines is 1. The Morgan fingerprint density at radius 3 is 2.21 bits per heavy atom. The van der Waals surface area contributed by atoms with Crippen LogP contribution in [0.25, 0.3) is 0 Å². The Hall–Kier alpha value is -3.96. The molecule has 1 aliphatic rings. The standard InChI is InChI=1S/C35H44ClN3O7S/c1-6-29(35(41)37-27-14-8-7-9-15-27)38(22-25-13-11-10-12-24(25)2)34(40)23-39(30-20-26(36)16-18-31(30)44-3)47(42,43)28-17-19-32(45-4)33(21-28)46-5/h10-13,16-21,27,29H,6-9,14-15,22-23H2,1-5H3,(H,37,41). The third-order valence-corrected chi connectivity index (χ3v) is 10.6. The SMILES string of the molecule is CCC(C(=O)NC1CCCCC1)N(Cc1ccccc1C)C(=O)CN(c1cc(Cl)ccc1OC)S(=O)(=O)c1ccc(OC)c(OC)c1. The molecule has 0 aliphatic heterocycles. The molecule has 254 valence electrons. The summed E-state index contributed by atoms with van der Waals surface area (Å²) < 4.78 is 46.1. The summed E-state index contributed by atoms with van der Waals surface area (Å²) in [6.45, 7) is 3.26. The van der Waals surface area contributed by atoms with Crippen LogP contribution < -0.4 is 23.8 Å². The minimum Gasteiger partial charge on any atom is -0.495 e. The van der Waals surface area contributed by atoms with Gasteiger partial charge in [0.2, 0.25) is 11.8 Å². The Kier molecular flexibility index (Phi) is 12.4. The topological polar surface area (TPSA) is 114 Å². The summed E-state index contributed by atoms with van der Waals surface area (Å²) >= 11 is 6.37. The number of carbonyl (C=O) groups is 2. The van der Waals surface area contributed by atoms with Gasteiger partial charge in [-0.2, -0.15) is 0 Å². The Morgan fingerprint density at radius 1 is 0.915 bits per heavy atom. The van der Waals surface area contributed by atoms with E-state index < -0.39 is 28.5 Å². The van der Waals surface area contributed by atoms with Gasteiger partial charge in [0.1, 0.15) is 18.3 Å². The number of hydrogen-bond donors (Lipinski definition) is 1. The van der Waals surface area contributed by atoms with Crippen molar-refractivity contribution in [2.45, 2.75) is 75.9 Å². The van der Waals surface area contributed by atoms with Crippen molar-refractivity contribution in [2.75, 3.05) is 32.2 Å². The second kappa shape index (κ2) is 16.2. The van der Waals surface area contributed by atoms with Crippen LogP contribution in [-0.2, 0) is 26.2 Å². The van der Waals surface area contributed by atoms with E-state index in [4.69, 9.17) is 25.8 Å². The first-order chi connectivity index (χ1) is 22.5. The molecule has 1 aliphatic carbocycles. The number of ether oxygens (including phenoxy) is 3. The molecule has 0 saturated heterocycles. The summed E-state index contributed by atoms with van der Waals surface area (Å²) in [5, 5.41) is 3.41. The molecule has 1 fully saturated rings. The van der Waals surface area contributed by atoms with E-state index in [1.165, 1.54) is 56.6 Å². The number of nitrogens with one attached hydrogen (secondary N) is 1. The monoisotopic (exact) mass is 685 g/mol. The van der Waals surface area contributed by atoms with Crippen molar-refractivity contribution in [3.05, 3.63) is 76.8 Å². The largest absolute Gasteiger partial charge is 0.495 e. The van der Waals surface area contributed by atoms with Gasteiger partial charge in [0.05, 0.1) is 31.9 Å². The number of aryl methyl sites for hydroxylation is 1. The van der Waals surface area contributed by atoms with Crippen molar-refractivity contribution < 1.29 is 32.2 Å². The summed E-state index contributed by atoms with van der Waals surface area (Å²) in [6, 6.07) is 15.6. The normalized spacial score (nSPS) is 14.2. The predicted molar refractivity (Wildman–Crippen MR) is 183 cm³/mol. The van der Waals surface area contributed by atoms with Crippen LogP contribution in [-0.4, -0.2) is 65.1 Å². The first kappa shape index (κ1) is 35.9. The molecule has 4 rings (SSSR count). The van der Waals surface area contributed by atoms with Gasteiger partial charge in [-0.3, -0.25) is 13.9 Å². The zero-order valence-electron chi connectivity index (χ0n) is 27.6. The molecule has 0 radical (unpaired) electrons. The zero-order chi connectivity index (χ0) is 34.1. The lowest BCUT2D eigenvalue weighted by Crippen LogP contribution is -2.54. The molecule has 2 amide bonds. The van der Waals surface area contributed by atoms with Crippen LogP contribution in [0, 0.1) is 6.92 Å². The Morgan fingerprint density at radius 2 is 1.57 bits per heavy atom. The highest BCUT2D eigenvalue weighted by Gasteiger charge is 2.36. The lowest BCUT2D eigenvalue weighted by Gasteiger charge is -2.35. The van der Waals surface area contributed by atoms with E-state index in [2.05, 4.69) is 5.32 Å². The molecule has 47 heavy (non-hydrogen) atoms. The first-order valence-electron chi connectivity index (χ1n) is 15.8. The number of methoxy groups -OCH3 is 3. The average molecular weight is 686 g/mol. The Balaban J connectivity index is 1.80. The molecule has 1 unspecified atom stereocenters. The summed E-state index contributed by atoms with van der Waals surface area (Å²) in [7, 11) is -0.174. The van der Waals surface area contributed by atoms with E-state index in [0.717, 1.165) is 47.5 Å². The molecule has 0 spiro atoms. The quantitative estimate of drug-likeness (QED) is 0.217. The van der Waals surface area contributed by atoms with Gasteiger partial charge in [0.15, 0.2) is 11.5 Å². The van der Waals surface area contributed by atoms with E-state index in [1.807, 2.05) is 38.1 Å². The Labute approximate surface area is 283 Å². The maximum absolute atomic E-state index is 14.5. The van der Waals surface area contributed by atoms with Gasteiger partial charge in [0, 0.05) is 23.7 Å². The van der Waals surface area contributed by atoms with Crippen molar-refractivity contribution in [2.24, 2.45) is 0 Å². The van der Waals surface area contributed by atoms with E-state index in [1.54, 1.807) is 6.07 Å². The van der Waals surface area contributed by atoms with Crippen LogP contribution in [0.15, 0.2) is 65.6 Å². The molecule has 0 bridgehead atoms. The van der Waals surface area contributed by atoms with Gasteiger partial charge >= 0.3 is 0 Å². The van der Waals surface area contributed by atoms with Gasteiger partial charge in [-0.15, -0.1) is 0 Å². The van der Waals surface area contributed by atoms with Crippen LogP contribution in [0.4, 0.5) is 5.69 Å². The highest BCUT2D eigenvalue weighted by atomic mass is 35.5. The third-order valence-electron chi connectivity index (χ3n) is 8.57. The van der Waals surface area contributed by atoms with Crippen LogP contribution in [0.2, 0.25) is 5.02 Å². The smallest absolute Gasteiger partial charge is 0.265 e. The molecule has 1 atom stereocenters. The fourth-order valence-electron chi connectivity index (χ4n) is 5.91. The lowest BCUT2D eigenvalue weighted by atomic mass is 9.95. The van der Waals surface area contributed by atoms with Crippen LogP contribution in [0.3, 0.4) is 0 Å². The van der Waals surface area contributed by atoms with E-state index in [-0.39, 0.29) is 45.6 Å². The number of carbonyl (C=O) groups excluding carboxylic acids is 2. The number of rotatable bonds is 14. The molecular formula is C35H44ClN3O7S. The van der Waals surface area contributed by atoms with Crippen molar-refractivity contribution in [3.8, 4) is 17.2 Å². The maximum Gasteiger partial charge on any atom is 0.265 e. The first-order valence-corrected chi connectivity index (χ1v) is 17.6. The molecule has 10 nitrogen and oxygen atoms in total. The van der Waals surface area contributed by atoms with Crippen LogP contribution in [0.5, 0.6) is 17.2 Å². The highest BCUT2D eigenvalue weighted by Crippen LogP contribution is 2.37. The van der Waals surface area contributed by atoms with Crippen LogP contribution >= 0.6 is 11.6 Å². The van der Waals surface area contributed by atoms with Crippen molar-refractivity contribution in [1.29, 1.82) is 0 Å². The third kappa shape index (κ3) is 8.50. The fraction of sp³-hybridized carbons (Fsp3) is 0.429. The average Bonchev–Trinajstić information content (AvgIpc) is 3.07. The fourth-order valence-corrected chi connectivity index (χ4v) is 7.51. The maximum atomic E-state index is 14.5. The molecule has 0 aromatic heterocycles.